The Bertz CT molecular complexity index is 972. The molecular weight excluding hydrogens is 571 g/mol. The van der Waals surface area contributed by atoms with Crippen LogP contribution in [0.4, 0.5) is 0 Å². The first-order chi connectivity index (χ1) is 14.3. The van der Waals surface area contributed by atoms with E-state index in [1.165, 1.54) is 44.5 Å². The average molecular weight is 603 g/mol. The molecule has 0 N–H and O–H groups in total. The third kappa shape index (κ3) is 10.4. The van der Waals surface area contributed by atoms with E-state index in [1.54, 1.807) is 21.6 Å². The fraction of sp³-hybridized carbons (Fsp3) is 0.214. The predicted molar refractivity (Wildman–Crippen MR) is 131 cm³/mol. The van der Waals surface area contributed by atoms with Crippen molar-refractivity contribution in [2.45, 2.75) is 39.2 Å². The van der Waals surface area contributed by atoms with Crippen molar-refractivity contribution in [2.24, 2.45) is 0 Å². The predicted octanol–water partition coefficient (Wildman–Crippen LogP) is 2.17. The molecule has 0 saturated heterocycles. The molecule has 4 aromatic rings. The average Bonchev–Trinajstić information content (AvgIpc) is 3.31. The molecule has 0 aliphatic carbocycles. The van der Waals surface area contributed by atoms with Gasteiger partial charge in [0.25, 0.3) is 0 Å². The van der Waals surface area contributed by atoms with E-state index < -0.39 is 0 Å². The van der Waals surface area contributed by atoms with E-state index in [4.69, 9.17) is 0 Å². The summed E-state index contributed by atoms with van der Waals surface area (Å²) in [5.74, 6) is 4.75. The van der Waals surface area contributed by atoms with Gasteiger partial charge in [-0.15, -0.1) is 70.8 Å². The van der Waals surface area contributed by atoms with Crippen LogP contribution in [0.25, 0.3) is 22.3 Å². The number of benzene rings is 2. The number of hydrogen-bond donors (Lipinski definition) is 0. The molecule has 0 radical (unpaired) electrons. The van der Waals surface area contributed by atoms with Gasteiger partial charge >= 0.3 is 43.1 Å². The number of halogens is 2. The smallest absolute Gasteiger partial charge is 1.00 e. The molecule has 0 unspecified atom stereocenters. The topological polar surface area (TPSA) is 0 Å². The van der Waals surface area contributed by atoms with Crippen LogP contribution in [-0.4, -0.2) is 9.98 Å². The summed E-state index contributed by atoms with van der Waals surface area (Å²) in [5, 5.41) is 0. The van der Waals surface area contributed by atoms with Crippen molar-refractivity contribution < 1.29 is 46.4 Å². The van der Waals surface area contributed by atoms with E-state index >= 15 is 0 Å². The normalized spacial score (nSPS) is 9.25. The maximum atomic E-state index is 2.37. The molecule has 4 aromatic carbocycles. The molecule has 168 valence electrons. The molecule has 0 aromatic heterocycles. The molecule has 0 heterocycles. The van der Waals surface area contributed by atoms with Gasteiger partial charge in [0.2, 0.25) is 0 Å². The van der Waals surface area contributed by atoms with E-state index in [0.29, 0.717) is 0 Å². The van der Waals surface area contributed by atoms with Crippen molar-refractivity contribution in [1.29, 1.82) is 0 Å². The Hall–Kier alpha value is -0.854. The molecule has 0 nitrogen and oxygen atoms in total. The van der Waals surface area contributed by atoms with Crippen molar-refractivity contribution in [3.8, 4) is 22.3 Å². The summed E-state index contributed by atoms with van der Waals surface area (Å²) in [4.78, 5) is 0. The van der Waals surface area contributed by atoms with Gasteiger partial charge in [0.05, 0.1) is 0 Å². The van der Waals surface area contributed by atoms with Crippen molar-refractivity contribution in [3.63, 3.8) is 0 Å². The number of rotatable bonds is 2. The second kappa shape index (κ2) is 15.9. The van der Waals surface area contributed by atoms with Crippen molar-refractivity contribution in [1.82, 2.24) is 0 Å². The van der Waals surface area contributed by atoms with Crippen LogP contribution in [-0.2, 0) is 21.6 Å². The molecule has 0 aliphatic rings. The second-order valence-corrected chi connectivity index (χ2v) is 24.9. The minimum atomic E-state index is -0.243. The number of aryl methyl sites for hydroxylation is 4. The van der Waals surface area contributed by atoms with Crippen LogP contribution < -0.4 is 24.8 Å². The Balaban J connectivity index is 0.000000490. The third-order valence-electron chi connectivity index (χ3n) is 4.79. The van der Waals surface area contributed by atoms with Gasteiger partial charge in [0.1, 0.15) is 0 Å². The van der Waals surface area contributed by atoms with E-state index in [2.05, 4.69) is 124 Å². The SMILES string of the molecule is Cc1ccc(-[c-]2cccc2C)cc1.Cc1ccc(-[c-]2cccc2C)cc1.[CH3][Ge]([CH3])=[Zr+2].[Cl-].[Cl-]. The largest absolute Gasteiger partial charge is 1.00 e. The first-order valence-corrected chi connectivity index (χ1v) is 22.0. The Morgan fingerprint density at radius 2 is 0.844 bits per heavy atom. The summed E-state index contributed by atoms with van der Waals surface area (Å²) in [6, 6.07) is 30.2. The monoisotopic (exact) mass is 602 g/mol. The second-order valence-electron chi connectivity index (χ2n) is 7.98. The Labute approximate surface area is 223 Å². The van der Waals surface area contributed by atoms with Crippen LogP contribution in [0.2, 0.25) is 11.5 Å². The van der Waals surface area contributed by atoms with Crippen LogP contribution in [0.1, 0.15) is 22.3 Å². The van der Waals surface area contributed by atoms with Crippen LogP contribution in [0.3, 0.4) is 0 Å². The Morgan fingerprint density at radius 3 is 1.06 bits per heavy atom. The molecule has 0 atom stereocenters. The first-order valence-electron chi connectivity index (χ1n) is 10.4. The Kier molecular flexibility index (Phi) is 15.5. The molecule has 0 spiro atoms. The summed E-state index contributed by atoms with van der Waals surface area (Å²) >= 11 is 1.80. The Morgan fingerprint density at radius 1 is 0.562 bits per heavy atom. The molecular formula is C28H32Cl2GeZr-2. The van der Waals surface area contributed by atoms with Gasteiger partial charge in [-0.3, -0.25) is 0 Å². The molecule has 0 saturated carbocycles. The maximum absolute atomic E-state index is 2.37. The fourth-order valence-corrected chi connectivity index (χ4v) is 3.13. The van der Waals surface area contributed by atoms with E-state index in [0.717, 1.165) is 0 Å². The van der Waals surface area contributed by atoms with Crippen LogP contribution in [0.15, 0.2) is 84.9 Å². The summed E-state index contributed by atoms with van der Waals surface area (Å²) in [6.45, 7) is 8.52. The third-order valence-corrected chi connectivity index (χ3v) is 4.79. The molecule has 0 aliphatic heterocycles. The van der Waals surface area contributed by atoms with Gasteiger partial charge < -0.3 is 24.8 Å². The summed E-state index contributed by atoms with van der Waals surface area (Å²) in [7, 11) is -0.243. The first kappa shape index (κ1) is 31.1. The van der Waals surface area contributed by atoms with Crippen molar-refractivity contribution in [2.75, 3.05) is 0 Å². The molecule has 4 heteroatoms. The molecule has 32 heavy (non-hydrogen) atoms. The van der Waals surface area contributed by atoms with Gasteiger partial charge in [-0.05, 0) is 13.8 Å². The van der Waals surface area contributed by atoms with Crippen LogP contribution in [0, 0.1) is 27.7 Å². The van der Waals surface area contributed by atoms with Crippen molar-refractivity contribution in [3.05, 3.63) is 107 Å². The fourth-order valence-electron chi connectivity index (χ4n) is 3.13. The van der Waals surface area contributed by atoms with E-state index in [-0.39, 0.29) is 34.8 Å². The minimum absolute atomic E-state index is 0. The quantitative estimate of drug-likeness (QED) is 0.244. The standard InChI is InChI=1S/2C13H13.C2H6Ge.2ClH.Zr/c2*1-10-6-8-12(9-7-10)13-5-3-4-11(13)2;1-3-2;;;/h2*3-9H,1-2H3;1-2H3;2*1H;/q2*-1;;;;+2/p-2. The maximum Gasteiger partial charge on any atom is -1.00 e. The van der Waals surface area contributed by atoms with Crippen LogP contribution >= 0.6 is 0 Å². The summed E-state index contributed by atoms with van der Waals surface area (Å²) in [6.07, 6.45) is 0. The minimum Gasteiger partial charge on any atom is -1.00 e. The summed E-state index contributed by atoms with van der Waals surface area (Å²) < 4.78 is 0. The van der Waals surface area contributed by atoms with Gasteiger partial charge in [-0.2, -0.15) is 12.1 Å². The number of hydrogen-bond acceptors (Lipinski definition) is 0. The zero-order valence-corrected chi connectivity index (χ0v) is 25.9. The van der Waals surface area contributed by atoms with Gasteiger partial charge in [0, 0.05) is 0 Å². The van der Waals surface area contributed by atoms with Crippen LogP contribution in [0.5, 0.6) is 0 Å². The molecule has 0 amide bonds. The van der Waals surface area contributed by atoms with E-state index in [1.807, 2.05) is 0 Å². The van der Waals surface area contributed by atoms with Gasteiger partial charge in [-0.25, -0.2) is 0 Å². The molecule has 0 fully saturated rings. The molecule has 0 bridgehead atoms. The summed E-state index contributed by atoms with van der Waals surface area (Å²) in [5.41, 5.74) is 10.6. The zero-order valence-electron chi connectivity index (χ0n) is 19.8. The van der Waals surface area contributed by atoms with Gasteiger partial charge in [-0.1, -0.05) is 60.4 Å². The zero-order chi connectivity index (χ0) is 22.1. The molecule has 4 rings (SSSR count). The van der Waals surface area contributed by atoms with Crippen molar-refractivity contribution >= 4 is 9.98 Å². The van der Waals surface area contributed by atoms with Gasteiger partial charge in [0.15, 0.2) is 0 Å². The van der Waals surface area contributed by atoms with E-state index in [9.17, 15) is 0 Å².